The standard InChI is InChI=1S/C13H9.C10H17Si.CH2.2ClH.Zr/c1-3-7-12-10(5-1)9-11-6-2-4-8-13(11)12;1-8-6-9(2)10(7-8)11(3,4)5;;;;/h1-5,7-8H,9H2;7-8H,1-5H3;1H2;2*1H;/q2*-1;;;;+2/p-2. The monoisotopic (exact) mass is 504 g/mol. The average Bonchev–Trinajstić information content (AvgIpc) is 3.16. The van der Waals surface area contributed by atoms with Crippen molar-refractivity contribution in [2.75, 3.05) is 0 Å². The van der Waals surface area contributed by atoms with Gasteiger partial charge in [-0.15, -0.1) is 5.56 Å². The third kappa shape index (κ3) is 6.77. The maximum Gasteiger partial charge on any atom is -0.0253 e. The first kappa shape index (κ1) is 27.5. The number of halogens is 2. The first-order valence-corrected chi connectivity index (χ1v) is 14.4. The zero-order chi connectivity index (χ0) is 19.3. The predicted octanol–water partition coefficient (Wildman–Crippen LogP) is 0.221. The van der Waals surface area contributed by atoms with Gasteiger partial charge in [0.05, 0.1) is 0 Å². The third-order valence-electron chi connectivity index (χ3n) is 4.69. The molecule has 2 aromatic rings. The maximum absolute atomic E-state index is 3.43. The first-order valence-electron chi connectivity index (χ1n) is 9.12. The third-order valence-corrected chi connectivity index (χ3v) is 6.85. The Morgan fingerprint density at radius 1 is 1.00 bits per heavy atom. The van der Waals surface area contributed by atoms with E-state index in [9.17, 15) is 0 Å². The van der Waals surface area contributed by atoms with Crippen molar-refractivity contribution in [2.24, 2.45) is 5.92 Å². The van der Waals surface area contributed by atoms with Crippen molar-refractivity contribution in [3.05, 3.63) is 82.6 Å². The molecule has 0 nitrogen and oxygen atoms in total. The van der Waals surface area contributed by atoms with E-state index in [1.54, 1.807) is 5.20 Å². The molecule has 2 aliphatic rings. The van der Waals surface area contributed by atoms with Gasteiger partial charge in [-0.25, -0.2) is 10.8 Å². The Morgan fingerprint density at radius 3 is 2.14 bits per heavy atom. The molecule has 0 fully saturated rings. The molecule has 0 saturated heterocycles. The average molecular weight is 507 g/mol. The summed E-state index contributed by atoms with van der Waals surface area (Å²) in [5, 5.41) is 1.60. The molecule has 28 heavy (non-hydrogen) atoms. The zero-order valence-corrected chi connectivity index (χ0v) is 22.3. The van der Waals surface area contributed by atoms with Crippen molar-refractivity contribution >= 4 is 12.3 Å². The molecule has 0 aromatic heterocycles. The minimum absolute atomic E-state index is 0. The molecule has 2 aromatic carbocycles. The minimum Gasteiger partial charge on any atom is -1.00 e. The van der Waals surface area contributed by atoms with E-state index in [4.69, 9.17) is 0 Å². The van der Waals surface area contributed by atoms with Crippen LogP contribution in [0, 0.1) is 18.1 Å². The molecular formula is C24H28Cl2SiZr-2. The van der Waals surface area contributed by atoms with Crippen LogP contribution in [0.1, 0.15) is 25.0 Å². The van der Waals surface area contributed by atoms with E-state index >= 15 is 0 Å². The fourth-order valence-electron chi connectivity index (χ4n) is 3.65. The number of allylic oxidation sites excluding steroid dienone is 4. The van der Waals surface area contributed by atoms with Crippen LogP contribution in [0.4, 0.5) is 0 Å². The number of rotatable bonds is 1. The van der Waals surface area contributed by atoms with E-state index in [0.29, 0.717) is 5.92 Å². The molecule has 0 spiro atoms. The van der Waals surface area contributed by atoms with E-state index in [2.05, 4.69) is 92.3 Å². The topological polar surface area (TPSA) is 0 Å². The van der Waals surface area contributed by atoms with Gasteiger partial charge in [-0.1, -0.05) is 74.8 Å². The van der Waals surface area contributed by atoms with Crippen molar-refractivity contribution in [1.82, 2.24) is 0 Å². The SMILES string of the molecule is CC1=[C-]C(C)C=C1[Si](C)(C)C.[CH2]=[Zr+2].[Cl-].[Cl-].[c-]1cccc2c1Cc1ccccc1-2. The second-order valence-electron chi connectivity index (χ2n) is 7.78. The molecule has 0 bridgehead atoms. The molecule has 1 unspecified atom stereocenters. The molecule has 0 N–H and O–H groups in total. The molecule has 0 amide bonds. The Morgan fingerprint density at radius 2 is 1.61 bits per heavy atom. The van der Waals surface area contributed by atoms with Gasteiger partial charge in [-0.05, 0) is 14.5 Å². The Kier molecular flexibility index (Phi) is 12.0. The van der Waals surface area contributed by atoms with Crippen LogP contribution in [0.5, 0.6) is 0 Å². The molecule has 148 valence electrons. The Labute approximate surface area is 199 Å². The van der Waals surface area contributed by atoms with Gasteiger partial charge >= 0.3 is 28.4 Å². The van der Waals surface area contributed by atoms with E-state index in [-0.39, 0.29) is 24.8 Å². The van der Waals surface area contributed by atoms with E-state index in [1.807, 2.05) is 6.07 Å². The Hall–Kier alpha value is -0.530. The van der Waals surface area contributed by atoms with Crippen molar-refractivity contribution in [1.29, 1.82) is 0 Å². The molecule has 1 atom stereocenters. The Balaban J connectivity index is 0.000000455. The molecule has 0 aliphatic heterocycles. The van der Waals surface area contributed by atoms with Gasteiger partial charge in [-0.3, -0.25) is 6.08 Å². The predicted molar refractivity (Wildman–Crippen MR) is 114 cm³/mol. The summed E-state index contributed by atoms with van der Waals surface area (Å²) in [7, 11) is -1.07. The number of hydrogen-bond acceptors (Lipinski definition) is 0. The maximum atomic E-state index is 3.43. The smallest absolute Gasteiger partial charge is 0.0253 e. The zero-order valence-electron chi connectivity index (χ0n) is 17.4. The minimum atomic E-state index is -1.07. The van der Waals surface area contributed by atoms with E-state index < -0.39 is 8.07 Å². The van der Waals surface area contributed by atoms with Crippen LogP contribution in [-0.4, -0.2) is 12.3 Å². The molecule has 4 rings (SSSR count). The van der Waals surface area contributed by atoms with Gasteiger partial charge < -0.3 is 24.8 Å². The molecule has 0 heterocycles. The van der Waals surface area contributed by atoms with Crippen LogP contribution >= 0.6 is 0 Å². The van der Waals surface area contributed by atoms with Gasteiger partial charge in [0, 0.05) is 0 Å². The van der Waals surface area contributed by atoms with Crippen molar-refractivity contribution in [3.63, 3.8) is 0 Å². The fraction of sp³-hybridized carbons (Fsp3) is 0.292. The van der Waals surface area contributed by atoms with E-state index in [0.717, 1.165) is 6.42 Å². The van der Waals surface area contributed by atoms with Crippen molar-refractivity contribution < 1.29 is 49.0 Å². The summed E-state index contributed by atoms with van der Waals surface area (Å²) in [6, 6.07) is 18.1. The summed E-state index contributed by atoms with van der Waals surface area (Å²) >= 11 is 1.30. The summed E-state index contributed by atoms with van der Waals surface area (Å²) in [4.78, 5) is 0. The fourth-order valence-corrected chi connectivity index (χ4v) is 5.59. The second-order valence-corrected chi connectivity index (χ2v) is 12.8. The number of benzene rings is 2. The van der Waals surface area contributed by atoms with Crippen LogP contribution in [0.2, 0.25) is 19.6 Å². The first-order chi connectivity index (χ1) is 12.4. The van der Waals surface area contributed by atoms with Crippen molar-refractivity contribution in [2.45, 2.75) is 39.9 Å². The molecule has 0 radical (unpaired) electrons. The second kappa shape index (κ2) is 12.2. The number of hydrogen-bond donors (Lipinski definition) is 0. The van der Waals surface area contributed by atoms with Crippen LogP contribution in [0.3, 0.4) is 0 Å². The molecule has 2 aliphatic carbocycles. The van der Waals surface area contributed by atoms with Gasteiger partial charge in [0.15, 0.2) is 0 Å². The van der Waals surface area contributed by atoms with Gasteiger partial charge in [0.25, 0.3) is 0 Å². The summed E-state index contributed by atoms with van der Waals surface area (Å²) in [5.74, 6) is 0.553. The molecular weight excluding hydrogens is 478 g/mol. The van der Waals surface area contributed by atoms with Gasteiger partial charge in [0.2, 0.25) is 0 Å². The van der Waals surface area contributed by atoms with Crippen LogP contribution < -0.4 is 24.8 Å². The molecule has 4 heteroatoms. The Bertz CT molecular complexity index is 791. The van der Waals surface area contributed by atoms with E-state index in [1.165, 1.54) is 52.1 Å². The van der Waals surface area contributed by atoms with Crippen molar-refractivity contribution in [3.8, 4) is 11.1 Å². The summed E-state index contributed by atoms with van der Waals surface area (Å²) in [6.45, 7) is 11.6. The quantitative estimate of drug-likeness (QED) is 0.327. The van der Waals surface area contributed by atoms with Gasteiger partial charge in [0.1, 0.15) is 0 Å². The number of fused-ring (bicyclic) bond motifs is 3. The summed E-state index contributed by atoms with van der Waals surface area (Å²) in [6.07, 6.45) is 6.86. The largest absolute Gasteiger partial charge is 1.00 e. The molecule has 0 saturated carbocycles. The van der Waals surface area contributed by atoms with Crippen LogP contribution in [0.25, 0.3) is 11.1 Å². The van der Waals surface area contributed by atoms with Crippen LogP contribution in [0.15, 0.2) is 59.3 Å². The summed E-state index contributed by atoms with van der Waals surface area (Å²) < 4.78 is 3.34. The van der Waals surface area contributed by atoms with Crippen LogP contribution in [-0.2, 0) is 30.7 Å². The van der Waals surface area contributed by atoms with Gasteiger partial charge in [-0.2, -0.15) is 35.9 Å². The normalized spacial score (nSPS) is 15.8. The summed E-state index contributed by atoms with van der Waals surface area (Å²) in [5.41, 5.74) is 6.91.